The van der Waals surface area contributed by atoms with Gasteiger partial charge in [0.05, 0.1) is 4.88 Å². The van der Waals surface area contributed by atoms with Crippen molar-refractivity contribution in [3.05, 3.63) is 57.8 Å². The van der Waals surface area contributed by atoms with Crippen LogP contribution < -0.4 is 5.32 Å². The number of Topliss-reactive ketones (excluding diaryl/α,β-unsaturated/α-hetero) is 1. The number of hydrogen-bond acceptors (Lipinski definition) is 3. The molecule has 0 unspecified atom stereocenters. The maximum absolute atomic E-state index is 11.8. The molecule has 0 saturated heterocycles. The van der Waals surface area contributed by atoms with Gasteiger partial charge in [-0.2, -0.15) is 0 Å². The summed E-state index contributed by atoms with van der Waals surface area (Å²) in [7, 11) is 0. The van der Waals surface area contributed by atoms with Gasteiger partial charge in [0, 0.05) is 19.4 Å². The molecule has 1 heterocycles. The van der Waals surface area contributed by atoms with E-state index >= 15 is 0 Å². The van der Waals surface area contributed by atoms with Crippen LogP contribution in [0.5, 0.6) is 0 Å². The molecule has 2 rings (SSSR count). The van der Waals surface area contributed by atoms with Crippen molar-refractivity contribution in [2.75, 3.05) is 0 Å². The molecule has 0 aliphatic rings. The summed E-state index contributed by atoms with van der Waals surface area (Å²) in [6, 6.07) is 11.6. The first kappa shape index (κ1) is 14.5. The average Bonchev–Trinajstić information content (AvgIpc) is 2.97. The molecule has 1 amide bonds. The number of aryl methyl sites for hydroxylation is 1. The van der Waals surface area contributed by atoms with E-state index in [9.17, 15) is 9.59 Å². The third kappa shape index (κ3) is 4.31. The van der Waals surface area contributed by atoms with E-state index in [1.807, 2.05) is 42.6 Å². The minimum Gasteiger partial charge on any atom is -0.352 e. The molecule has 0 radical (unpaired) electrons. The average molecular weight is 287 g/mol. The maximum atomic E-state index is 11.8. The highest BCUT2D eigenvalue weighted by Crippen LogP contribution is 2.12. The number of benzene rings is 1. The van der Waals surface area contributed by atoms with Crippen molar-refractivity contribution >= 4 is 23.0 Å². The van der Waals surface area contributed by atoms with Crippen LogP contribution in [0, 0.1) is 6.92 Å². The van der Waals surface area contributed by atoms with Crippen molar-refractivity contribution < 1.29 is 9.59 Å². The summed E-state index contributed by atoms with van der Waals surface area (Å²) in [5.74, 6) is -0.0536. The van der Waals surface area contributed by atoms with Crippen LogP contribution >= 0.6 is 11.3 Å². The Morgan fingerprint density at radius 3 is 2.70 bits per heavy atom. The van der Waals surface area contributed by atoms with Crippen LogP contribution in [0.1, 0.15) is 33.6 Å². The Balaban J connectivity index is 1.74. The molecule has 0 bridgehead atoms. The van der Waals surface area contributed by atoms with Crippen molar-refractivity contribution in [3.63, 3.8) is 0 Å². The molecule has 3 nitrogen and oxygen atoms in total. The van der Waals surface area contributed by atoms with Crippen LogP contribution in [-0.2, 0) is 11.3 Å². The monoisotopic (exact) mass is 287 g/mol. The lowest BCUT2D eigenvalue weighted by molar-refractivity contribution is -0.121. The van der Waals surface area contributed by atoms with Crippen LogP contribution in [0.15, 0.2) is 41.8 Å². The summed E-state index contributed by atoms with van der Waals surface area (Å²) in [5.41, 5.74) is 2.24. The first-order valence-corrected chi connectivity index (χ1v) is 7.42. The Morgan fingerprint density at radius 2 is 2.00 bits per heavy atom. The van der Waals surface area contributed by atoms with Crippen LogP contribution in [0.2, 0.25) is 0 Å². The molecule has 104 valence electrons. The molecule has 0 aliphatic carbocycles. The Hall–Kier alpha value is -1.94. The summed E-state index contributed by atoms with van der Waals surface area (Å²) in [6.07, 6.45) is 0.503. The molecule has 4 heteroatoms. The zero-order chi connectivity index (χ0) is 14.4. The molecule has 0 atom stereocenters. The van der Waals surface area contributed by atoms with Crippen molar-refractivity contribution in [2.45, 2.75) is 26.3 Å². The predicted molar refractivity (Wildman–Crippen MR) is 80.9 cm³/mol. The van der Waals surface area contributed by atoms with Crippen LogP contribution in [0.3, 0.4) is 0 Å². The van der Waals surface area contributed by atoms with Gasteiger partial charge < -0.3 is 5.32 Å². The second-order valence-corrected chi connectivity index (χ2v) is 5.61. The number of thiophene rings is 1. The van der Waals surface area contributed by atoms with Crippen molar-refractivity contribution in [3.8, 4) is 0 Å². The van der Waals surface area contributed by atoms with Gasteiger partial charge >= 0.3 is 0 Å². The van der Waals surface area contributed by atoms with Gasteiger partial charge in [-0.25, -0.2) is 0 Å². The van der Waals surface area contributed by atoms with E-state index in [0.29, 0.717) is 6.54 Å². The van der Waals surface area contributed by atoms with Crippen molar-refractivity contribution in [1.29, 1.82) is 0 Å². The molecule has 0 spiro atoms. The predicted octanol–water partition coefficient (Wildman–Crippen LogP) is 3.34. The summed E-state index contributed by atoms with van der Waals surface area (Å²) in [4.78, 5) is 24.2. The van der Waals surface area contributed by atoms with Crippen molar-refractivity contribution in [2.24, 2.45) is 0 Å². The number of rotatable bonds is 6. The van der Waals surface area contributed by atoms with E-state index in [4.69, 9.17) is 0 Å². The Bertz CT molecular complexity index is 590. The molecular formula is C16H17NO2S. The van der Waals surface area contributed by atoms with Gasteiger partial charge in [-0.05, 0) is 23.9 Å². The summed E-state index contributed by atoms with van der Waals surface area (Å²) in [6.45, 7) is 2.53. The standard InChI is InChI=1S/C16H17NO2S/c1-12-4-2-5-13(10-12)11-17-16(19)8-7-14(18)15-6-3-9-20-15/h2-6,9-10H,7-8,11H2,1H3,(H,17,19). The first-order valence-electron chi connectivity index (χ1n) is 6.54. The fourth-order valence-electron chi connectivity index (χ4n) is 1.90. The quantitative estimate of drug-likeness (QED) is 0.828. The third-order valence-corrected chi connectivity index (χ3v) is 3.86. The van der Waals surface area contributed by atoms with Gasteiger partial charge in [-0.3, -0.25) is 9.59 Å². The van der Waals surface area contributed by atoms with E-state index in [1.54, 1.807) is 6.07 Å². The van der Waals surface area contributed by atoms with Crippen LogP contribution in [0.25, 0.3) is 0 Å². The molecule has 0 saturated carbocycles. The number of nitrogens with one attached hydrogen (secondary N) is 1. The van der Waals surface area contributed by atoms with Crippen molar-refractivity contribution in [1.82, 2.24) is 5.32 Å². The van der Waals surface area contributed by atoms with Crippen LogP contribution in [0.4, 0.5) is 0 Å². The topological polar surface area (TPSA) is 46.2 Å². The normalized spacial score (nSPS) is 10.2. The van der Waals surface area contributed by atoms with Gasteiger partial charge in [0.1, 0.15) is 0 Å². The highest BCUT2D eigenvalue weighted by atomic mass is 32.1. The van der Waals surface area contributed by atoms with Gasteiger partial charge in [0.15, 0.2) is 5.78 Å². The summed E-state index contributed by atoms with van der Waals surface area (Å²) >= 11 is 1.41. The fraction of sp³-hybridized carbons (Fsp3) is 0.250. The lowest BCUT2D eigenvalue weighted by atomic mass is 10.1. The number of carbonyl (C=O) groups excluding carboxylic acids is 2. The SMILES string of the molecule is Cc1cccc(CNC(=O)CCC(=O)c2cccs2)c1. The third-order valence-electron chi connectivity index (χ3n) is 2.95. The zero-order valence-corrected chi connectivity index (χ0v) is 12.2. The first-order chi connectivity index (χ1) is 9.65. The molecule has 20 heavy (non-hydrogen) atoms. The van der Waals surface area contributed by atoms with Gasteiger partial charge in [-0.15, -0.1) is 11.3 Å². The van der Waals surface area contributed by atoms with E-state index in [0.717, 1.165) is 10.4 Å². The zero-order valence-electron chi connectivity index (χ0n) is 11.4. The lowest BCUT2D eigenvalue weighted by Crippen LogP contribution is -2.23. The van der Waals surface area contributed by atoms with Gasteiger partial charge in [-0.1, -0.05) is 35.9 Å². The van der Waals surface area contributed by atoms with E-state index in [2.05, 4.69) is 5.32 Å². The van der Waals surface area contributed by atoms with Crippen LogP contribution in [-0.4, -0.2) is 11.7 Å². The molecule has 1 N–H and O–H groups in total. The van der Waals surface area contributed by atoms with E-state index < -0.39 is 0 Å². The molecule has 1 aromatic heterocycles. The summed E-state index contributed by atoms with van der Waals surface area (Å²) < 4.78 is 0. The number of carbonyl (C=O) groups is 2. The Kier molecular flexibility index (Phi) is 5.07. The summed E-state index contributed by atoms with van der Waals surface area (Å²) in [5, 5.41) is 4.71. The number of ketones is 1. The minimum atomic E-state index is -0.0867. The second kappa shape index (κ2) is 7.01. The smallest absolute Gasteiger partial charge is 0.220 e. The highest BCUT2D eigenvalue weighted by Gasteiger charge is 2.09. The fourth-order valence-corrected chi connectivity index (χ4v) is 2.59. The minimum absolute atomic E-state index is 0.0331. The molecule has 1 aromatic carbocycles. The molecular weight excluding hydrogens is 270 g/mol. The molecule has 0 fully saturated rings. The second-order valence-electron chi connectivity index (χ2n) is 4.67. The maximum Gasteiger partial charge on any atom is 0.220 e. The Morgan fingerprint density at radius 1 is 1.15 bits per heavy atom. The number of hydrogen-bond donors (Lipinski definition) is 1. The van der Waals surface area contributed by atoms with E-state index in [-0.39, 0.29) is 24.5 Å². The van der Waals surface area contributed by atoms with Gasteiger partial charge in [0.2, 0.25) is 5.91 Å². The lowest BCUT2D eigenvalue weighted by Gasteiger charge is -2.05. The highest BCUT2D eigenvalue weighted by molar-refractivity contribution is 7.12. The Labute approximate surface area is 122 Å². The molecule has 0 aliphatic heterocycles. The molecule has 2 aromatic rings. The van der Waals surface area contributed by atoms with Gasteiger partial charge in [0.25, 0.3) is 0 Å². The number of amides is 1. The largest absolute Gasteiger partial charge is 0.352 e. The van der Waals surface area contributed by atoms with E-state index in [1.165, 1.54) is 16.9 Å².